The second-order valence-electron chi connectivity index (χ2n) is 8.69. The highest BCUT2D eigenvalue weighted by Crippen LogP contribution is 2.38. The van der Waals surface area contributed by atoms with Crippen LogP contribution in [0.15, 0.2) is 52.9 Å². The van der Waals surface area contributed by atoms with Crippen LogP contribution in [0.3, 0.4) is 0 Å². The number of aryl methyl sites for hydroxylation is 1. The summed E-state index contributed by atoms with van der Waals surface area (Å²) in [6, 6.07) is 11.5. The Morgan fingerprint density at radius 3 is 2.73 bits per heavy atom. The maximum Gasteiger partial charge on any atom is 0.253 e. The van der Waals surface area contributed by atoms with E-state index in [2.05, 4.69) is 4.98 Å². The van der Waals surface area contributed by atoms with Gasteiger partial charge in [0.25, 0.3) is 10.0 Å². The fraction of sp³-hybridized carbons (Fsp3) is 0.320. The van der Waals surface area contributed by atoms with Gasteiger partial charge >= 0.3 is 0 Å². The molecule has 1 fully saturated rings. The number of piperidine rings is 1. The molecule has 1 aromatic carbocycles. The van der Waals surface area contributed by atoms with Crippen LogP contribution in [-0.2, 0) is 21.4 Å². The van der Waals surface area contributed by atoms with E-state index in [1.165, 1.54) is 21.7 Å². The Hall–Kier alpha value is -2.57. The number of sulfonamides is 1. The number of methoxy groups -OCH3 is 1. The smallest absolute Gasteiger partial charge is 0.253 e. The summed E-state index contributed by atoms with van der Waals surface area (Å²) in [5.41, 5.74) is 2.36. The Morgan fingerprint density at radius 1 is 1.19 bits per heavy atom. The first-order chi connectivity index (χ1) is 17.8. The van der Waals surface area contributed by atoms with Gasteiger partial charge in [-0.1, -0.05) is 41.5 Å². The zero-order chi connectivity index (χ0) is 26.2. The van der Waals surface area contributed by atoms with Crippen LogP contribution in [0.1, 0.15) is 30.5 Å². The zero-order valence-corrected chi connectivity index (χ0v) is 23.5. The van der Waals surface area contributed by atoms with Crippen molar-refractivity contribution in [1.82, 2.24) is 14.3 Å². The van der Waals surface area contributed by atoms with E-state index in [4.69, 9.17) is 21.3 Å². The van der Waals surface area contributed by atoms with E-state index in [0.29, 0.717) is 39.3 Å². The predicted molar refractivity (Wildman–Crippen MR) is 147 cm³/mol. The molecule has 5 rings (SSSR count). The molecule has 0 N–H and O–H groups in total. The predicted octanol–water partition coefficient (Wildman–Crippen LogP) is 5.50. The van der Waals surface area contributed by atoms with E-state index in [9.17, 15) is 13.2 Å². The van der Waals surface area contributed by atoms with Gasteiger partial charge in [-0.05, 0) is 55.7 Å². The van der Waals surface area contributed by atoms with E-state index in [1.807, 2.05) is 37.3 Å². The third-order valence-corrected chi connectivity index (χ3v) is 11.1. The summed E-state index contributed by atoms with van der Waals surface area (Å²) in [7, 11) is -2.31. The second kappa shape index (κ2) is 10.7. The van der Waals surface area contributed by atoms with Crippen LogP contribution in [0.2, 0.25) is 4.34 Å². The first-order valence-corrected chi connectivity index (χ1v) is 15.2. The summed E-state index contributed by atoms with van der Waals surface area (Å²) in [6.07, 6.45) is 3.52. The van der Waals surface area contributed by atoms with Crippen LogP contribution in [0.4, 0.5) is 5.13 Å². The van der Waals surface area contributed by atoms with Gasteiger partial charge in [0.2, 0.25) is 5.91 Å². The average Bonchev–Trinajstić information content (AvgIpc) is 3.56. The second-order valence-corrected chi connectivity index (χ2v) is 13.5. The maximum atomic E-state index is 14.2. The van der Waals surface area contributed by atoms with E-state index >= 15 is 0 Å². The van der Waals surface area contributed by atoms with Crippen molar-refractivity contribution in [3.05, 3.63) is 64.3 Å². The minimum absolute atomic E-state index is 0.133. The van der Waals surface area contributed by atoms with E-state index in [1.54, 1.807) is 24.3 Å². The number of nitrogens with zero attached hydrogens (tertiary/aromatic N) is 4. The van der Waals surface area contributed by atoms with Crippen molar-refractivity contribution in [2.24, 2.45) is 0 Å². The van der Waals surface area contributed by atoms with Gasteiger partial charge in [0.15, 0.2) is 5.13 Å². The number of ether oxygens (including phenoxy) is 1. The molecule has 0 radical (unpaired) electrons. The zero-order valence-electron chi connectivity index (χ0n) is 20.3. The lowest BCUT2D eigenvalue weighted by molar-refractivity contribution is -0.123. The Morgan fingerprint density at radius 2 is 2.03 bits per heavy atom. The van der Waals surface area contributed by atoms with Crippen molar-refractivity contribution in [3.63, 3.8) is 0 Å². The topological polar surface area (TPSA) is 92.7 Å². The quantitative estimate of drug-likeness (QED) is 0.288. The first kappa shape index (κ1) is 26.1. The van der Waals surface area contributed by atoms with Gasteiger partial charge < -0.3 is 4.74 Å². The number of pyridine rings is 1. The highest BCUT2D eigenvalue weighted by atomic mass is 35.5. The fourth-order valence-corrected chi connectivity index (χ4v) is 8.76. The van der Waals surface area contributed by atoms with Crippen molar-refractivity contribution in [2.45, 2.75) is 43.0 Å². The summed E-state index contributed by atoms with van der Waals surface area (Å²) in [4.78, 5) is 25.0. The van der Waals surface area contributed by atoms with Gasteiger partial charge in [-0.2, -0.15) is 4.31 Å². The van der Waals surface area contributed by atoms with E-state index in [0.717, 1.165) is 28.0 Å². The van der Waals surface area contributed by atoms with Gasteiger partial charge in [0.05, 0.1) is 28.4 Å². The lowest BCUT2D eigenvalue weighted by Gasteiger charge is -2.35. The van der Waals surface area contributed by atoms with Crippen molar-refractivity contribution >= 4 is 65.6 Å². The van der Waals surface area contributed by atoms with E-state index in [-0.39, 0.29) is 23.2 Å². The van der Waals surface area contributed by atoms with Gasteiger partial charge in [0, 0.05) is 12.7 Å². The molecule has 1 unspecified atom stereocenters. The maximum absolute atomic E-state index is 14.2. The van der Waals surface area contributed by atoms with E-state index < -0.39 is 16.1 Å². The molecular weight excluding hydrogens is 552 g/mol. The monoisotopic (exact) mass is 576 g/mol. The van der Waals surface area contributed by atoms with Crippen LogP contribution < -0.4 is 9.64 Å². The van der Waals surface area contributed by atoms with Crippen molar-refractivity contribution in [2.75, 3.05) is 18.6 Å². The highest BCUT2D eigenvalue weighted by molar-refractivity contribution is 7.91. The third-order valence-electron chi connectivity index (χ3n) is 6.31. The van der Waals surface area contributed by atoms with Crippen LogP contribution >= 0.6 is 34.3 Å². The number of hydrogen-bond donors (Lipinski definition) is 0. The molecule has 1 atom stereocenters. The molecule has 194 valence electrons. The largest absolute Gasteiger partial charge is 0.494 e. The Bertz CT molecular complexity index is 1540. The first-order valence-electron chi connectivity index (χ1n) is 11.7. The molecule has 37 heavy (non-hydrogen) atoms. The summed E-state index contributed by atoms with van der Waals surface area (Å²) in [5.74, 6) is 0.289. The molecule has 1 aliphatic rings. The fourth-order valence-electron chi connectivity index (χ4n) is 4.44. The molecule has 8 nitrogen and oxygen atoms in total. The standard InChI is InChI=1S/C25H25ClN4O4S3/c1-16-9-10-19(34-2)22-23(16)36-25(28-22)29(15-17-7-3-5-13-27-17)24(31)18-8-4-6-14-30(18)37(32,33)21-12-11-20(26)35-21/h3,5,7,9-13,18H,4,6,8,14-15H2,1-2H3. The number of aromatic nitrogens is 2. The average molecular weight is 577 g/mol. The summed E-state index contributed by atoms with van der Waals surface area (Å²) in [6.45, 7) is 2.41. The van der Waals surface area contributed by atoms with Crippen molar-refractivity contribution in [3.8, 4) is 5.75 Å². The normalized spacial score (nSPS) is 16.7. The molecule has 1 aliphatic heterocycles. The Balaban J connectivity index is 1.58. The molecule has 0 saturated carbocycles. The number of fused-ring (bicyclic) bond motifs is 1. The number of thiazole rings is 1. The minimum Gasteiger partial charge on any atom is -0.494 e. The molecule has 1 saturated heterocycles. The SMILES string of the molecule is COc1ccc(C)c2sc(N(Cc3ccccn3)C(=O)C3CCCCN3S(=O)(=O)c3ccc(Cl)s3)nc12. The number of halogens is 1. The number of hydrogen-bond acceptors (Lipinski definition) is 8. The Labute approximate surface area is 228 Å². The number of carbonyl (C=O) groups excluding carboxylic acids is 1. The summed E-state index contributed by atoms with van der Waals surface area (Å²) in [5, 5.41) is 0.473. The number of amides is 1. The van der Waals surface area contributed by atoms with Crippen molar-refractivity contribution < 1.29 is 17.9 Å². The number of benzene rings is 1. The molecule has 12 heteroatoms. The van der Waals surface area contributed by atoms with Crippen LogP contribution in [-0.4, -0.2) is 48.3 Å². The molecule has 1 amide bonds. The highest BCUT2D eigenvalue weighted by Gasteiger charge is 2.41. The van der Waals surface area contributed by atoms with Gasteiger partial charge in [-0.15, -0.1) is 11.3 Å². The summed E-state index contributed by atoms with van der Waals surface area (Å²) < 4.78 is 35.4. The van der Waals surface area contributed by atoms with Crippen LogP contribution in [0.5, 0.6) is 5.75 Å². The molecule has 0 aliphatic carbocycles. The summed E-state index contributed by atoms with van der Waals surface area (Å²) >= 11 is 8.42. The molecule has 0 spiro atoms. The number of rotatable bonds is 7. The van der Waals surface area contributed by atoms with Gasteiger partial charge in [-0.3, -0.25) is 14.7 Å². The van der Waals surface area contributed by atoms with Crippen LogP contribution in [0, 0.1) is 6.92 Å². The number of carbonyl (C=O) groups is 1. The van der Waals surface area contributed by atoms with Gasteiger partial charge in [0.1, 0.15) is 21.5 Å². The molecule has 0 bridgehead atoms. The Kier molecular flexibility index (Phi) is 7.51. The van der Waals surface area contributed by atoms with Gasteiger partial charge in [-0.25, -0.2) is 13.4 Å². The van der Waals surface area contributed by atoms with Crippen LogP contribution in [0.25, 0.3) is 10.2 Å². The molecule has 4 heterocycles. The van der Waals surface area contributed by atoms with Crippen molar-refractivity contribution in [1.29, 1.82) is 0 Å². The molecule has 3 aromatic heterocycles. The minimum atomic E-state index is -3.90. The molecular formula is C25H25ClN4O4S3. The third kappa shape index (κ3) is 5.10. The number of thiophene rings is 1. The number of anilines is 1. The molecule has 4 aromatic rings. The lowest BCUT2D eigenvalue weighted by atomic mass is 10.0. The lowest BCUT2D eigenvalue weighted by Crippen LogP contribution is -2.52.